The van der Waals surface area contributed by atoms with E-state index in [0.717, 1.165) is 11.1 Å². The van der Waals surface area contributed by atoms with Gasteiger partial charge in [-0.25, -0.2) is 0 Å². The highest BCUT2D eigenvalue weighted by Gasteiger charge is 2.11. The molecule has 0 spiro atoms. The normalized spacial score (nSPS) is 12.1. The first kappa shape index (κ1) is 15.5. The highest BCUT2D eigenvalue weighted by atomic mass is 35.5. The van der Waals surface area contributed by atoms with Crippen molar-refractivity contribution in [3.8, 4) is 0 Å². The summed E-state index contributed by atoms with van der Waals surface area (Å²) in [5.41, 5.74) is 2.86. The van der Waals surface area contributed by atoms with Crippen LogP contribution < -0.4 is 5.32 Å². The molecular weight excluding hydrogens is 288 g/mol. The van der Waals surface area contributed by atoms with Crippen LogP contribution in [0.25, 0.3) is 0 Å². The van der Waals surface area contributed by atoms with Gasteiger partial charge in [0.25, 0.3) is 5.69 Å². The van der Waals surface area contributed by atoms with Crippen LogP contribution in [0.1, 0.15) is 29.7 Å². The van der Waals surface area contributed by atoms with E-state index in [-0.39, 0.29) is 16.7 Å². The SMILES string of the molecule is Cc1ccc(CN[C@@H](C)c2ccc(Cl)cc2)cc1[N+](=O)[O-]. The lowest BCUT2D eigenvalue weighted by molar-refractivity contribution is -0.385. The molecule has 0 unspecified atom stereocenters. The van der Waals surface area contributed by atoms with E-state index in [1.807, 2.05) is 37.3 Å². The molecule has 2 aromatic rings. The Morgan fingerprint density at radius 2 is 1.90 bits per heavy atom. The molecule has 110 valence electrons. The van der Waals surface area contributed by atoms with Crippen molar-refractivity contribution in [2.24, 2.45) is 0 Å². The zero-order valence-corrected chi connectivity index (χ0v) is 12.7. The molecule has 0 aliphatic heterocycles. The third-order valence-corrected chi connectivity index (χ3v) is 3.70. The number of hydrogen-bond donors (Lipinski definition) is 1. The largest absolute Gasteiger partial charge is 0.306 e. The lowest BCUT2D eigenvalue weighted by atomic mass is 10.1. The molecule has 0 aliphatic carbocycles. The summed E-state index contributed by atoms with van der Waals surface area (Å²) in [5.74, 6) is 0. The van der Waals surface area contributed by atoms with Crippen LogP contribution in [0.2, 0.25) is 5.02 Å². The number of nitro groups is 1. The summed E-state index contributed by atoms with van der Waals surface area (Å²) in [6.45, 7) is 4.36. The van der Waals surface area contributed by atoms with Gasteiger partial charge in [-0.15, -0.1) is 0 Å². The van der Waals surface area contributed by atoms with Gasteiger partial charge in [-0.1, -0.05) is 35.9 Å². The maximum Gasteiger partial charge on any atom is 0.272 e. The van der Waals surface area contributed by atoms with Crippen LogP contribution in [-0.2, 0) is 6.54 Å². The van der Waals surface area contributed by atoms with Gasteiger partial charge >= 0.3 is 0 Å². The van der Waals surface area contributed by atoms with Crippen LogP contribution in [0.3, 0.4) is 0 Å². The standard InChI is InChI=1S/C16H17ClN2O2/c1-11-3-4-13(9-16(11)19(20)21)10-18-12(2)14-5-7-15(17)8-6-14/h3-9,12,18H,10H2,1-2H3/t12-/m0/s1. The van der Waals surface area contributed by atoms with Crippen LogP contribution in [0, 0.1) is 17.0 Å². The minimum Gasteiger partial charge on any atom is -0.306 e. The fourth-order valence-corrected chi connectivity index (χ4v) is 2.23. The summed E-state index contributed by atoms with van der Waals surface area (Å²) in [7, 11) is 0. The van der Waals surface area contributed by atoms with Crippen molar-refractivity contribution in [1.29, 1.82) is 0 Å². The lowest BCUT2D eigenvalue weighted by Gasteiger charge is -2.14. The van der Waals surface area contributed by atoms with E-state index >= 15 is 0 Å². The average molecular weight is 305 g/mol. The minimum atomic E-state index is -0.346. The van der Waals surface area contributed by atoms with E-state index in [2.05, 4.69) is 5.32 Å². The van der Waals surface area contributed by atoms with E-state index in [1.54, 1.807) is 19.1 Å². The number of rotatable bonds is 5. The van der Waals surface area contributed by atoms with Crippen molar-refractivity contribution in [2.75, 3.05) is 0 Å². The smallest absolute Gasteiger partial charge is 0.272 e. The molecule has 1 N–H and O–H groups in total. The average Bonchev–Trinajstić information content (AvgIpc) is 2.46. The van der Waals surface area contributed by atoms with Crippen molar-refractivity contribution >= 4 is 17.3 Å². The van der Waals surface area contributed by atoms with Crippen LogP contribution in [0.15, 0.2) is 42.5 Å². The summed E-state index contributed by atoms with van der Waals surface area (Å²) >= 11 is 5.87. The van der Waals surface area contributed by atoms with Crippen molar-refractivity contribution < 1.29 is 4.92 Å². The first-order chi connectivity index (χ1) is 9.97. The second-order valence-corrected chi connectivity index (χ2v) is 5.47. The molecule has 0 amide bonds. The quantitative estimate of drug-likeness (QED) is 0.657. The summed E-state index contributed by atoms with van der Waals surface area (Å²) < 4.78 is 0. The Morgan fingerprint density at radius 1 is 1.24 bits per heavy atom. The van der Waals surface area contributed by atoms with Gasteiger partial charge in [-0.2, -0.15) is 0 Å². The highest BCUT2D eigenvalue weighted by molar-refractivity contribution is 6.30. The van der Waals surface area contributed by atoms with Gasteiger partial charge in [-0.05, 0) is 37.1 Å². The second-order valence-electron chi connectivity index (χ2n) is 5.03. The van der Waals surface area contributed by atoms with E-state index in [9.17, 15) is 10.1 Å². The molecule has 0 aliphatic rings. The Balaban J connectivity index is 2.04. The molecule has 5 heteroatoms. The Hall–Kier alpha value is -1.91. The Kier molecular flexibility index (Phi) is 4.94. The topological polar surface area (TPSA) is 55.2 Å². The number of aryl methyl sites for hydroxylation is 1. The third-order valence-electron chi connectivity index (χ3n) is 3.45. The van der Waals surface area contributed by atoms with E-state index < -0.39 is 0 Å². The summed E-state index contributed by atoms with van der Waals surface area (Å²) in [6.07, 6.45) is 0. The number of hydrogen-bond acceptors (Lipinski definition) is 3. The van der Waals surface area contributed by atoms with E-state index in [4.69, 9.17) is 11.6 Å². The summed E-state index contributed by atoms with van der Waals surface area (Å²) in [5, 5.41) is 15.0. The molecule has 0 saturated heterocycles. The van der Waals surface area contributed by atoms with Crippen LogP contribution in [-0.4, -0.2) is 4.92 Å². The number of benzene rings is 2. The molecule has 2 rings (SSSR count). The van der Waals surface area contributed by atoms with Gasteiger partial charge in [0.15, 0.2) is 0 Å². The molecule has 21 heavy (non-hydrogen) atoms. The first-order valence-corrected chi connectivity index (χ1v) is 7.08. The van der Waals surface area contributed by atoms with Gasteiger partial charge in [0.05, 0.1) is 4.92 Å². The third kappa shape index (κ3) is 4.03. The Labute approximate surface area is 128 Å². The summed E-state index contributed by atoms with van der Waals surface area (Å²) in [6, 6.07) is 13.1. The predicted molar refractivity (Wildman–Crippen MR) is 84.5 cm³/mol. The number of nitrogens with zero attached hydrogens (tertiary/aromatic N) is 1. The molecule has 0 bridgehead atoms. The summed E-state index contributed by atoms with van der Waals surface area (Å²) in [4.78, 5) is 10.6. The molecule has 0 fully saturated rings. The fraction of sp³-hybridized carbons (Fsp3) is 0.250. The molecule has 0 aromatic heterocycles. The van der Waals surface area contributed by atoms with Crippen molar-refractivity contribution in [2.45, 2.75) is 26.4 Å². The number of nitro benzene ring substituents is 1. The first-order valence-electron chi connectivity index (χ1n) is 6.70. The molecular formula is C16H17ClN2O2. The fourth-order valence-electron chi connectivity index (χ4n) is 2.10. The Bertz CT molecular complexity index is 641. The van der Waals surface area contributed by atoms with Crippen molar-refractivity contribution in [3.05, 3.63) is 74.3 Å². The Morgan fingerprint density at radius 3 is 2.52 bits per heavy atom. The molecule has 4 nitrogen and oxygen atoms in total. The highest BCUT2D eigenvalue weighted by Crippen LogP contribution is 2.20. The molecule has 2 aromatic carbocycles. The van der Waals surface area contributed by atoms with Gasteiger partial charge in [-0.3, -0.25) is 10.1 Å². The van der Waals surface area contributed by atoms with Crippen molar-refractivity contribution in [1.82, 2.24) is 5.32 Å². The van der Waals surface area contributed by atoms with Gasteiger partial charge < -0.3 is 5.32 Å². The predicted octanol–water partition coefficient (Wildman–Crippen LogP) is 4.41. The zero-order valence-electron chi connectivity index (χ0n) is 12.0. The van der Waals surface area contributed by atoms with Crippen molar-refractivity contribution in [3.63, 3.8) is 0 Å². The van der Waals surface area contributed by atoms with Crippen LogP contribution in [0.4, 0.5) is 5.69 Å². The number of nitrogens with one attached hydrogen (secondary N) is 1. The molecule has 0 saturated carbocycles. The van der Waals surface area contributed by atoms with Gasteiger partial charge in [0.2, 0.25) is 0 Å². The van der Waals surface area contributed by atoms with Gasteiger partial charge in [0, 0.05) is 29.2 Å². The van der Waals surface area contributed by atoms with E-state index in [0.29, 0.717) is 17.1 Å². The molecule has 0 radical (unpaired) electrons. The maximum absolute atomic E-state index is 10.9. The minimum absolute atomic E-state index is 0.141. The van der Waals surface area contributed by atoms with Crippen LogP contribution in [0.5, 0.6) is 0 Å². The lowest BCUT2D eigenvalue weighted by Crippen LogP contribution is -2.18. The zero-order chi connectivity index (χ0) is 15.4. The van der Waals surface area contributed by atoms with E-state index in [1.165, 1.54) is 0 Å². The van der Waals surface area contributed by atoms with Gasteiger partial charge in [0.1, 0.15) is 0 Å². The number of halogens is 1. The monoisotopic (exact) mass is 304 g/mol. The molecule has 0 heterocycles. The second kappa shape index (κ2) is 6.70. The maximum atomic E-state index is 10.9. The van der Waals surface area contributed by atoms with Crippen LogP contribution >= 0.6 is 11.6 Å². The molecule has 1 atom stereocenters.